The van der Waals surface area contributed by atoms with E-state index in [-0.39, 0.29) is 11.7 Å². The van der Waals surface area contributed by atoms with Gasteiger partial charge >= 0.3 is 0 Å². The van der Waals surface area contributed by atoms with Crippen LogP contribution >= 0.6 is 0 Å². The van der Waals surface area contributed by atoms with Crippen LogP contribution in [0.15, 0.2) is 76.0 Å². The van der Waals surface area contributed by atoms with Crippen LogP contribution in [0.2, 0.25) is 0 Å². The number of carbonyl (C=O) groups excluding carboxylic acids is 1. The molecule has 1 atom stereocenters. The van der Waals surface area contributed by atoms with Gasteiger partial charge in [0.15, 0.2) is 0 Å². The van der Waals surface area contributed by atoms with Crippen LogP contribution in [0, 0.1) is 5.82 Å². The molecule has 1 unspecified atom stereocenters. The van der Waals surface area contributed by atoms with Gasteiger partial charge in [-0.15, -0.1) is 0 Å². The molecule has 1 amide bonds. The summed E-state index contributed by atoms with van der Waals surface area (Å²) in [6.45, 7) is 0.616. The Labute approximate surface area is 168 Å². The van der Waals surface area contributed by atoms with Crippen molar-refractivity contribution in [1.82, 2.24) is 0 Å². The number of amides is 1. The molecule has 29 heavy (non-hydrogen) atoms. The molecule has 1 aliphatic rings. The van der Waals surface area contributed by atoms with Gasteiger partial charge in [-0.2, -0.15) is 0 Å². The molecule has 3 N–H and O–H groups in total. The molecule has 1 aliphatic heterocycles. The number of nitrogens with zero attached hydrogens (tertiary/aromatic N) is 1. The van der Waals surface area contributed by atoms with E-state index in [0.29, 0.717) is 34.1 Å². The topological polar surface area (TPSA) is 84.5 Å². The second kappa shape index (κ2) is 7.67. The molecular formula is C22H20FN3O2S. The Balaban J connectivity index is 1.56. The molecule has 0 saturated heterocycles. The SMILES string of the molecule is Nc1ccc(-c2ccc(F)cc2)cc1NC(=O)c1ccc(S2(=O)=NCCC2)cc1. The van der Waals surface area contributed by atoms with Crippen molar-refractivity contribution in [3.63, 3.8) is 0 Å². The van der Waals surface area contributed by atoms with Crippen molar-refractivity contribution in [1.29, 1.82) is 0 Å². The highest BCUT2D eigenvalue weighted by molar-refractivity contribution is 7.93. The first-order valence-corrected chi connectivity index (χ1v) is 10.9. The summed E-state index contributed by atoms with van der Waals surface area (Å²) in [6.07, 6.45) is 0.824. The van der Waals surface area contributed by atoms with E-state index < -0.39 is 9.73 Å². The summed E-state index contributed by atoms with van der Waals surface area (Å²) in [5.74, 6) is -0.0725. The van der Waals surface area contributed by atoms with E-state index in [2.05, 4.69) is 9.68 Å². The van der Waals surface area contributed by atoms with Crippen molar-refractivity contribution in [3.05, 3.63) is 78.1 Å². The maximum Gasteiger partial charge on any atom is 0.255 e. The molecule has 0 radical (unpaired) electrons. The molecule has 7 heteroatoms. The number of anilines is 2. The highest BCUT2D eigenvalue weighted by Gasteiger charge is 2.18. The van der Waals surface area contributed by atoms with Gasteiger partial charge in [0.05, 0.1) is 21.1 Å². The molecular weight excluding hydrogens is 389 g/mol. The van der Waals surface area contributed by atoms with Gasteiger partial charge in [0.2, 0.25) is 0 Å². The fourth-order valence-corrected chi connectivity index (χ4v) is 5.25. The maximum atomic E-state index is 13.2. The molecule has 0 saturated carbocycles. The Morgan fingerprint density at radius 2 is 1.69 bits per heavy atom. The molecule has 0 spiro atoms. The molecule has 5 nitrogen and oxygen atoms in total. The smallest absolute Gasteiger partial charge is 0.255 e. The lowest BCUT2D eigenvalue weighted by Gasteiger charge is -2.11. The third-order valence-corrected chi connectivity index (χ3v) is 7.29. The highest BCUT2D eigenvalue weighted by atomic mass is 32.2. The summed E-state index contributed by atoms with van der Waals surface area (Å²) in [5.41, 5.74) is 8.97. The standard InChI is InChI=1S/C22H20FN3O2S/c23-18-7-2-15(3-8-18)17-6-11-20(24)21(14-17)26-22(27)16-4-9-19(10-5-16)29(28)13-1-12-25-29/h2-11,14H,1,12-13,24H2,(H,26,27). The number of rotatable bonds is 4. The zero-order chi connectivity index (χ0) is 20.4. The number of benzene rings is 3. The molecule has 4 rings (SSSR count). The fourth-order valence-electron chi connectivity index (χ4n) is 3.23. The first kappa shape index (κ1) is 19.1. The quantitative estimate of drug-likeness (QED) is 0.620. The van der Waals surface area contributed by atoms with Gasteiger partial charge < -0.3 is 11.1 Å². The Bertz CT molecular complexity index is 1180. The van der Waals surface area contributed by atoms with E-state index in [0.717, 1.165) is 17.5 Å². The van der Waals surface area contributed by atoms with Crippen molar-refractivity contribution in [3.8, 4) is 11.1 Å². The van der Waals surface area contributed by atoms with E-state index in [1.807, 2.05) is 6.07 Å². The van der Waals surface area contributed by atoms with Gasteiger partial charge in [-0.3, -0.25) is 4.79 Å². The monoisotopic (exact) mass is 409 g/mol. The minimum absolute atomic E-state index is 0.312. The maximum absolute atomic E-state index is 13.2. The number of halogens is 1. The van der Waals surface area contributed by atoms with E-state index in [9.17, 15) is 13.4 Å². The Hall–Kier alpha value is -3.19. The van der Waals surface area contributed by atoms with Crippen LogP contribution in [-0.2, 0) is 9.73 Å². The van der Waals surface area contributed by atoms with Crippen molar-refractivity contribution in [2.24, 2.45) is 4.36 Å². The van der Waals surface area contributed by atoms with Crippen LogP contribution in [0.3, 0.4) is 0 Å². The molecule has 1 heterocycles. The number of nitrogens with one attached hydrogen (secondary N) is 1. The summed E-state index contributed by atoms with van der Waals surface area (Å²) < 4.78 is 30.1. The average molecular weight is 409 g/mol. The van der Waals surface area contributed by atoms with E-state index >= 15 is 0 Å². The average Bonchev–Trinajstić information content (AvgIpc) is 3.18. The predicted molar refractivity (Wildman–Crippen MR) is 114 cm³/mol. The van der Waals surface area contributed by atoms with Crippen LogP contribution in [-0.4, -0.2) is 22.4 Å². The number of nitrogens with two attached hydrogens (primary N) is 1. The number of hydrogen-bond donors (Lipinski definition) is 2. The summed E-state index contributed by atoms with van der Waals surface area (Å²) in [7, 11) is -2.33. The largest absolute Gasteiger partial charge is 0.397 e. The molecule has 0 aliphatic carbocycles. The van der Waals surface area contributed by atoms with Gasteiger partial charge in [-0.1, -0.05) is 18.2 Å². The Morgan fingerprint density at radius 1 is 1.00 bits per heavy atom. The fraction of sp³-hybridized carbons (Fsp3) is 0.136. The minimum Gasteiger partial charge on any atom is -0.397 e. The second-order valence-corrected chi connectivity index (χ2v) is 9.26. The normalized spacial score (nSPS) is 18.2. The lowest BCUT2D eigenvalue weighted by Crippen LogP contribution is -2.13. The van der Waals surface area contributed by atoms with Crippen molar-refractivity contribution in [2.75, 3.05) is 23.3 Å². The predicted octanol–water partition coefficient (Wildman–Crippen LogP) is 4.56. The third kappa shape index (κ3) is 4.00. The van der Waals surface area contributed by atoms with Gasteiger partial charge in [0.25, 0.3) is 5.91 Å². The molecule has 3 aromatic carbocycles. The Kier molecular flexibility index (Phi) is 5.07. The number of nitrogen functional groups attached to an aromatic ring is 1. The van der Waals surface area contributed by atoms with Crippen LogP contribution in [0.1, 0.15) is 16.8 Å². The second-order valence-electron chi connectivity index (χ2n) is 6.84. The van der Waals surface area contributed by atoms with Crippen molar-refractivity contribution < 1.29 is 13.4 Å². The van der Waals surface area contributed by atoms with Gasteiger partial charge in [0, 0.05) is 22.8 Å². The van der Waals surface area contributed by atoms with Crippen LogP contribution in [0.25, 0.3) is 11.1 Å². The van der Waals surface area contributed by atoms with E-state index in [4.69, 9.17) is 5.73 Å². The van der Waals surface area contributed by atoms with Crippen molar-refractivity contribution in [2.45, 2.75) is 11.3 Å². The summed E-state index contributed by atoms with van der Waals surface area (Å²) in [4.78, 5) is 13.3. The summed E-state index contributed by atoms with van der Waals surface area (Å²) in [6, 6.07) is 18.0. The van der Waals surface area contributed by atoms with E-state index in [1.54, 1.807) is 48.5 Å². The van der Waals surface area contributed by atoms with Crippen molar-refractivity contribution >= 4 is 27.0 Å². The zero-order valence-corrected chi connectivity index (χ0v) is 16.4. The summed E-state index contributed by atoms with van der Waals surface area (Å²) in [5, 5.41) is 2.81. The lowest BCUT2D eigenvalue weighted by atomic mass is 10.0. The van der Waals surface area contributed by atoms with E-state index in [1.165, 1.54) is 12.1 Å². The zero-order valence-electron chi connectivity index (χ0n) is 15.6. The third-order valence-electron chi connectivity index (χ3n) is 4.84. The van der Waals surface area contributed by atoms with Gasteiger partial charge in [-0.25, -0.2) is 13.0 Å². The minimum atomic E-state index is -2.33. The highest BCUT2D eigenvalue weighted by Crippen LogP contribution is 2.28. The summed E-state index contributed by atoms with van der Waals surface area (Å²) >= 11 is 0. The molecule has 0 aromatic heterocycles. The van der Waals surface area contributed by atoms with Gasteiger partial charge in [-0.05, 0) is 66.1 Å². The van der Waals surface area contributed by atoms with Crippen LogP contribution in [0.5, 0.6) is 0 Å². The number of hydrogen-bond acceptors (Lipinski definition) is 4. The molecule has 148 valence electrons. The van der Waals surface area contributed by atoms with Crippen LogP contribution < -0.4 is 11.1 Å². The van der Waals surface area contributed by atoms with Gasteiger partial charge in [0.1, 0.15) is 5.82 Å². The Morgan fingerprint density at radius 3 is 2.34 bits per heavy atom. The lowest BCUT2D eigenvalue weighted by molar-refractivity contribution is 0.102. The van der Waals surface area contributed by atoms with Crippen LogP contribution in [0.4, 0.5) is 15.8 Å². The number of carbonyl (C=O) groups is 1. The first-order valence-electron chi connectivity index (χ1n) is 9.22. The molecule has 3 aromatic rings. The molecule has 0 bridgehead atoms. The molecule has 0 fully saturated rings. The first-order chi connectivity index (χ1) is 13.9.